The lowest BCUT2D eigenvalue weighted by Gasteiger charge is -2.18. The molecule has 1 aromatic carbocycles. The Hall–Kier alpha value is -1.00. The minimum Gasteiger partial charge on any atom is -0.379 e. The van der Waals surface area contributed by atoms with Crippen LogP contribution >= 0.6 is 0 Å². The molecular formula is C14H21F2NO. The smallest absolute Gasteiger partial charge is 0.163 e. The molecule has 0 saturated heterocycles. The normalized spacial score (nSPS) is 13.0. The fraction of sp³-hybridized carbons (Fsp3) is 0.571. The van der Waals surface area contributed by atoms with Crippen LogP contribution in [0.4, 0.5) is 8.78 Å². The van der Waals surface area contributed by atoms with Gasteiger partial charge in [0.25, 0.3) is 0 Å². The van der Waals surface area contributed by atoms with Crippen molar-refractivity contribution in [3.63, 3.8) is 0 Å². The Labute approximate surface area is 107 Å². The Morgan fingerprint density at radius 3 is 2.61 bits per heavy atom. The van der Waals surface area contributed by atoms with E-state index >= 15 is 0 Å². The third-order valence-corrected chi connectivity index (χ3v) is 2.83. The maximum Gasteiger partial charge on any atom is 0.163 e. The van der Waals surface area contributed by atoms with Gasteiger partial charge in [0.2, 0.25) is 0 Å². The lowest BCUT2D eigenvalue weighted by molar-refractivity contribution is 0.103. The Bertz CT molecular complexity index is 369. The summed E-state index contributed by atoms with van der Waals surface area (Å²) in [6.07, 6.45) is 0.960. The van der Waals surface area contributed by atoms with Crippen molar-refractivity contribution in [2.75, 3.05) is 20.3 Å². The third kappa shape index (κ3) is 4.35. The molecule has 0 fully saturated rings. The zero-order valence-electron chi connectivity index (χ0n) is 11.2. The third-order valence-electron chi connectivity index (χ3n) is 2.83. The first-order chi connectivity index (χ1) is 8.56. The number of hydrogen-bond donors (Lipinski definition) is 1. The lowest BCUT2D eigenvalue weighted by Crippen LogP contribution is -2.23. The number of benzene rings is 1. The molecule has 18 heavy (non-hydrogen) atoms. The van der Waals surface area contributed by atoms with E-state index in [1.54, 1.807) is 13.1 Å². The molecule has 1 aromatic rings. The van der Waals surface area contributed by atoms with Crippen LogP contribution in [0.15, 0.2) is 18.2 Å². The van der Waals surface area contributed by atoms with Crippen LogP contribution in [0.3, 0.4) is 0 Å². The summed E-state index contributed by atoms with van der Waals surface area (Å²) in [5, 5.41) is 2.94. The first kappa shape index (κ1) is 15.1. The summed E-state index contributed by atoms with van der Waals surface area (Å²) in [6, 6.07) is 3.87. The van der Waals surface area contributed by atoms with Gasteiger partial charge in [-0.15, -0.1) is 0 Å². The minimum absolute atomic E-state index is 0.307. The Kier molecular flexibility index (Phi) is 6.22. The average molecular weight is 257 g/mol. The van der Waals surface area contributed by atoms with E-state index in [9.17, 15) is 8.78 Å². The predicted molar refractivity (Wildman–Crippen MR) is 68.4 cm³/mol. The molecule has 1 N–H and O–H groups in total. The first-order valence-corrected chi connectivity index (χ1v) is 6.25. The van der Waals surface area contributed by atoms with E-state index in [2.05, 4.69) is 19.2 Å². The van der Waals surface area contributed by atoms with Gasteiger partial charge in [0, 0.05) is 12.2 Å². The van der Waals surface area contributed by atoms with Gasteiger partial charge in [0.1, 0.15) is 0 Å². The Morgan fingerprint density at radius 1 is 1.28 bits per heavy atom. The van der Waals surface area contributed by atoms with Crippen LogP contribution in [-0.2, 0) is 4.74 Å². The van der Waals surface area contributed by atoms with E-state index in [1.807, 2.05) is 0 Å². The molecule has 0 radical (unpaired) electrons. The molecule has 0 spiro atoms. The molecule has 0 aliphatic rings. The highest BCUT2D eigenvalue weighted by Crippen LogP contribution is 2.19. The molecule has 0 saturated carbocycles. The van der Waals surface area contributed by atoms with Crippen LogP contribution in [-0.4, -0.2) is 20.3 Å². The first-order valence-electron chi connectivity index (χ1n) is 6.25. The predicted octanol–water partition coefficient (Wildman–Crippen LogP) is 3.29. The fourth-order valence-electron chi connectivity index (χ4n) is 1.64. The zero-order valence-corrected chi connectivity index (χ0v) is 11.2. The number of rotatable bonds is 7. The molecular weight excluding hydrogens is 236 g/mol. The van der Waals surface area contributed by atoms with Crippen LogP contribution in [0.25, 0.3) is 0 Å². The SMILES string of the molecule is CNC(COCCC(C)C)c1cccc(F)c1F. The van der Waals surface area contributed by atoms with E-state index in [-0.39, 0.29) is 6.04 Å². The summed E-state index contributed by atoms with van der Waals surface area (Å²) in [6.45, 7) is 5.20. The van der Waals surface area contributed by atoms with E-state index < -0.39 is 11.6 Å². The highest BCUT2D eigenvalue weighted by molar-refractivity contribution is 5.22. The molecule has 0 heterocycles. The van der Waals surface area contributed by atoms with Crippen LogP contribution in [0, 0.1) is 17.6 Å². The Morgan fingerprint density at radius 2 is 2.00 bits per heavy atom. The van der Waals surface area contributed by atoms with Gasteiger partial charge in [-0.3, -0.25) is 0 Å². The molecule has 1 rings (SSSR count). The van der Waals surface area contributed by atoms with Gasteiger partial charge in [-0.1, -0.05) is 26.0 Å². The van der Waals surface area contributed by atoms with Gasteiger partial charge >= 0.3 is 0 Å². The van der Waals surface area contributed by atoms with E-state index in [0.717, 1.165) is 12.5 Å². The van der Waals surface area contributed by atoms with Crippen molar-refractivity contribution < 1.29 is 13.5 Å². The maximum absolute atomic E-state index is 13.6. The zero-order chi connectivity index (χ0) is 13.5. The summed E-state index contributed by atoms with van der Waals surface area (Å²) < 4.78 is 32.2. The second kappa shape index (κ2) is 7.44. The topological polar surface area (TPSA) is 21.3 Å². The number of hydrogen-bond acceptors (Lipinski definition) is 2. The molecule has 0 bridgehead atoms. The summed E-state index contributed by atoms with van der Waals surface area (Å²) >= 11 is 0. The molecule has 0 amide bonds. The molecule has 102 valence electrons. The second-order valence-electron chi connectivity index (χ2n) is 4.74. The van der Waals surface area contributed by atoms with Gasteiger partial charge in [-0.25, -0.2) is 8.78 Å². The largest absolute Gasteiger partial charge is 0.379 e. The van der Waals surface area contributed by atoms with Crippen molar-refractivity contribution in [3.05, 3.63) is 35.4 Å². The quantitative estimate of drug-likeness (QED) is 0.757. The number of nitrogens with one attached hydrogen (secondary N) is 1. The van der Waals surface area contributed by atoms with Gasteiger partial charge < -0.3 is 10.1 Å². The Balaban J connectivity index is 2.57. The van der Waals surface area contributed by atoms with Crippen LogP contribution in [0.2, 0.25) is 0 Å². The number of ether oxygens (including phenoxy) is 1. The van der Waals surface area contributed by atoms with Crippen LogP contribution in [0.1, 0.15) is 31.9 Å². The molecule has 0 aromatic heterocycles. The molecule has 0 aliphatic carbocycles. The van der Waals surface area contributed by atoms with Crippen molar-refractivity contribution in [1.29, 1.82) is 0 Å². The summed E-state index contributed by atoms with van der Waals surface area (Å²) in [5.41, 5.74) is 0.307. The lowest BCUT2D eigenvalue weighted by atomic mass is 10.1. The van der Waals surface area contributed by atoms with E-state index in [0.29, 0.717) is 24.7 Å². The molecule has 4 heteroatoms. The highest BCUT2D eigenvalue weighted by Gasteiger charge is 2.16. The average Bonchev–Trinajstić information content (AvgIpc) is 2.33. The number of halogens is 2. The maximum atomic E-state index is 13.6. The van der Waals surface area contributed by atoms with Gasteiger partial charge in [-0.05, 0) is 25.5 Å². The number of likely N-dealkylation sites (N-methyl/N-ethyl adjacent to an activating group) is 1. The second-order valence-corrected chi connectivity index (χ2v) is 4.74. The summed E-state index contributed by atoms with van der Waals surface area (Å²) in [7, 11) is 1.71. The minimum atomic E-state index is -0.824. The van der Waals surface area contributed by atoms with Crippen LogP contribution < -0.4 is 5.32 Å². The summed E-state index contributed by atoms with van der Waals surface area (Å²) in [4.78, 5) is 0. The van der Waals surface area contributed by atoms with Gasteiger partial charge in [0.15, 0.2) is 11.6 Å². The van der Waals surface area contributed by atoms with Gasteiger partial charge in [0.05, 0.1) is 12.6 Å². The summed E-state index contributed by atoms with van der Waals surface area (Å²) in [5.74, 6) is -1.05. The fourth-order valence-corrected chi connectivity index (χ4v) is 1.64. The van der Waals surface area contributed by atoms with Gasteiger partial charge in [-0.2, -0.15) is 0 Å². The molecule has 1 atom stereocenters. The van der Waals surface area contributed by atoms with Crippen molar-refractivity contribution in [2.24, 2.45) is 5.92 Å². The standard InChI is InChI=1S/C14H21F2NO/c1-10(2)7-8-18-9-13(17-3)11-5-4-6-12(15)14(11)16/h4-6,10,13,17H,7-9H2,1-3H3. The van der Waals surface area contributed by atoms with E-state index in [1.165, 1.54) is 6.07 Å². The van der Waals surface area contributed by atoms with Crippen molar-refractivity contribution in [2.45, 2.75) is 26.3 Å². The van der Waals surface area contributed by atoms with Crippen molar-refractivity contribution >= 4 is 0 Å². The molecule has 1 unspecified atom stereocenters. The monoisotopic (exact) mass is 257 g/mol. The highest BCUT2D eigenvalue weighted by atomic mass is 19.2. The molecule has 0 aliphatic heterocycles. The van der Waals surface area contributed by atoms with Crippen molar-refractivity contribution in [3.8, 4) is 0 Å². The molecule has 2 nitrogen and oxygen atoms in total. The van der Waals surface area contributed by atoms with E-state index in [4.69, 9.17) is 4.74 Å². The van der Waals surface area contributed by atoms with Crippen molar-refractivity contribution in [1.82, 2.24) is 5.32 Å². The van der Waals surface area contributed by atoms with Crippen LogP contribution in [0.5, 0.6) is 0 Å².